The summed E-state index contributed by atoms with van der Waals surface area (Å²) in [5, 5.41) is 4.04. The topological polar surface area (TPSA) is 61.6 Å². The van der Waals surface area contributed by atoms with E-state index in [9.17, 15) is 4.79 Å². The Kier molecular flexibility index (Phi) is 3.49. The van der Waals surface area contributed by atoms with Gasteiger partial charge in [-0.2, -0.15) is 0 Å². The molecule has 2 bridgehead atoms. The van der Waals surface area contributed by atoms with Crippen LogP contribution in [0.3, 0.4) is 0 Å². The Labute approximate surface area is 135 Å². The molecule has 4 heterocycles. The average Bonchev–Trinajstić information content (AvgIpc) is 3.09. The van der Waals surface area contributed by atoms with Gasteiger partial charge in [-0.15, -0.1) is 0 Å². The van der Waals surface area contributed by atoms with Crippen molar-refractivity contribution < 1.29 is 9.21 Å². The van der Waals surface area contributed by atoms with Crippen LogP contribution in [0.25, 0.3) is 11.0 Å². The number of fused-ring (bicyclic) bond motifs is 3. The van der Waals surface area contributed by atoms with Crippen molar-refractivity contribution in [2.45, 2.75) is 18.9 Å². The Hall–Kier alpha value is -2.08. The number of carbonyl (C=O) groups is 1. The summed E-state index contributed by atoms with van der Waals surface area (Å²) in [6.45, 7) is 3.31. The smallest absolute Gasteiger partial charge is 0.270 e. The molecule has 122 valence electrons. The lowest BCUT2D eigenvalue weighted by atomic mass is 9.97. The summed E-state index contributed by atoms with van der Waals surface area (Å²) in [6, 6.07) is 3.89. The van der Waals surface area contributed by atoms with E-state index in [2.05, 4.69) is 15.2 Å². The van der Waals surface area contributed by atoms with Crippen molar-refractivity contribution >= 4 is 22.8 Å². The fraction of sp³-hybridized carbons (Fsp3) is 0.529. The quantitative estimate of drug-likeness (QED) is 0.934. The van der Waals surface area contributed by atoms with Gasteiger partial charge < -0.3 is 19.5 Å². The van der Waals surface area contributed by atoms with Crippen molar-refractivity contribution in [2.24, 2.45) is 5.92 Å². The van der Waals surface area contributed by atoms with Crippen LogP contribution in [-0.2, 0) is 0 Å². The molecule has 2 aliphatic rings. The standard InChI is InChI=1S/C17H22N4O2/c1-20(2)16-6-12-8-18-14(7-15(12)23-16)17(22)19-13-5-11-3-4-21(9-11)10-13/h6-8,11,13H,3-5,9-10H2,1-2H3,(H,19,22). The molecule has 4 rings (SSSR count). The number of nitrogens with zero attached hydrogens (tertiary/aromatic N) is 3. The molecule has 2 aliphatic heterocycles. The summed E-state index contributed by atoms with van der Waals surface area (Å²) >= 11 is 0. The van der Waals surface area contributed by atoms with Crippen molar-refractivity contribution in [1.82, 2.24) is 15.2 Å². The van der Waals surface area contributed by atoms with Gasteiger partial charge in [0.15, 0.2) is 5.88 Å². The third kappa shape index (κ3) is 2.79. The largest absolute Gasteiger partial charge is 0.440 e. The molecule has 2 saturated heterocycles. The molecular weight excluding hydrogens is 292 g/mol. The first-order valence-electron chi connectivity index (χ1n) is 8.18. The average molecular weight is 314 g/mol. The van der Waals surface area contributed by atoms with E-state index in [4.69, 9.17) is 4.42 Å². The molecule has 2 aromatic heterocycles. The van der Waals surface area contributed by atoms with Gasteiger partial charge in [-0.25, -0.2) is 0 Å². The van der Waals surface area contributed by atoms with Crippen molar-refractivity contribution in [1.29, 1.82) is 0 Å². The summed E-state index contributed by atoms with van der Waals surface area (Å²) in [5.74, 6) is 1.38. The zero-order chi connectivity index (χ0) is 16.0. The highest BCUT2D eigenvalue weighted by atomic mass is 16.4. The second-order valence-electron chi connectivity index (χ2n) is 6.91. The highest BCUT2D eigenvalue weighted by Crippen LogP contribution is 2.27. The highest BCUT2D eigenvalue weighted by Gasteiger charge is 2.33. The maximum atomic E-state index is 12.5. The van der Waals surface area contributed by atoms with E-state index in [0.29, 0.717) is 11.3 Å². The fourth-order valence-electron chi connectivity index (χ4n) is 3.69. The van der Waals surface area contributed by atoms with Gasteiger partial charge in [0.1, 0.15) is 11.3 Å². The molecular formula is C17H22N4O2. The van der Waals surface area contributed by atoms with Crippen LogP contribution in [0.2, 0.25) is 0 Å². The molecule has 1 N–H and O–H groups in total. The minimum absolute atomic E-state index is 0.109. The molecule has 0 aromatic carbocycles. The summed E-state index contributed by atoms with van der Waals surface area (Å²) in [4.78, 5) is 21.1. The van der Waals surface area contributed by atoms with E-state index in [1.807, 2.05) is 25.1 Å². The summed E-state index contributed by atoms with van der Waals surface area (Å²) in [5.41, 5.74) is 1.12. The number of anilines is 1. The van der Waals surface area contributed by atoms with Crippen LogP contribution >= 0.6 is 0 Å². The minimum atomic E-state index is -0.109. The van der Waals surface area contributed by atoms with E-state index in [-0.39, 0.29) is 11.9 Å². The summed E-state index contributed by atoms with van der Waals surface area (Å²) in [6.07, 6.45) is 4.04. The Morgan fingerprint density at radius 1 is 1.39 bits per heavy atom. The molecule has 0 aliphatic carbocycles. The van der Waals surface area contributed by atoms with Crippen LogP contribution < -0.4 is 10.2 Å². The second kappa shape index (κ2) is 5.53. The Morgan fingerprint density at radius 3 is 3.04 bits per heavy atom. The predicted molar refractivity (Wildman–Crippen MR) is 88.8 cm³/mol. The van der Waals surface area contributed by atoms with E-state index >= 15 is 0 Å². The SMILES string of the molecule is CN(C)c1cc2cnc(C(=O)NC3CC4CCN(C4)C3)cc2o1. The van der Waals surface area contributed by atoms with Crippen LogP contribution in [0.15, 0.2) is 22.7 Å². The molecule has 3 unspecified atom stereocenters. The zero-order valence-electron chi connectivity index (χ0n) is 13.6. The summed E-state index contributed by atoms with van der Waals surface area (Å²) < 4.78 is 5.75. The van der Waals surface area contributed by atoms with Gasteiger partial charge in [-0.05, 0) is 25.3 Å². The molecule has 1 amide bonds. The molecule has 6 heteroatoms. The number of aromatic nitrogens is 1. The van der Waals surface area contributed by atoms with Crippen LogP contribution in [-0.4, -0.2) is 55.6 Å². The number of piperidine rings is 1. The number of pyridine rings is 1. The third-order valence-electron chi connectivity index (χ3n) is 4.86. The number of carbonyl (C=O) groups excluding carboxylic acids is 1. The minimum Gasteiger partial charge on any atom is -0.440 e. The molecule has 0 saturated carbocycles. The summed E-state index contributed by atoms with van der Waals surface area (Å²) in [7, 11) is 3.84. The monoisotopic (exact) mass is 314 g/mol. The van der Waals surface area contributed by atoms with Gasteiger partial charge >= 0.3 is 0 Å². The Bertz CT molecular complexity index is 727. The zero-order valence-corrected chi connectivity index (χ0v) is 13.6. The molecule has 0 spiro atoms. The second-order valence-corrected chi connectivity index (χ2v) is 6.91. The number of hydrogen-bond acceptors (Lipinski definition) is 5. The molecule has 6 nitrogen and oxygen atoms in total. The number of furan rings is 1. The fourth-order valence-corrected chi connectivity index (χ4v) is 3.69. The highest BCUT2D eigenvalue weighted by molar-refractivity contribution is 5.95. The van der Waals surface area contributed by atoms with Crippen molar-refractivity contribution in [3.63, 3.8) is 0 Å². The molecule has 23 heavy (non-hydrogen) atoms. The maximum absolute atomic E-state index is 12.5. The molecule has 2 fully saturated rings. The van der Waals surface area contributed by atoms with Gasteiger partial charge in [0.25, 0.3) is 5.91 Å². The molecule has 2 aromatic rings. The van der Waals surface area contributed by atoms with Crippen LogP contribution in [0.1, 0.15) is 23.3 Å². The van der Waals surface area contributed by atoms with Gasteiger partial charge in [-0.3, -0.25) is 9.78 Å². The van der Waals surface area contributed by atoms with Gasteiger partial charge in [0.05, 0.1) is 0 Å². The predicted octanol–water partition coefficient (Wildman–Crippen LogP) is 1.72. The van der Waals surface area contributed by atoms with Gasteiger partial charge in [-0.1, -0.05) is 0 Å². The van der Waals surface area contributed by atoms with Crippen molar-refractivity contribution in [3.05, 3.63) is 24.0 Å². The third-order valence-corrected chi connectivity index (χ3v) is 4.86. The lowest BCUT2D eigenvalue weighted by molar-refractivity contribution is 0.0904. The van der Waals surface area contributed by atoms with Crippen molar-refractivity contribution in [2.75, 3.05) is 38.6 Å². The van der Waals surface area contributed by atoms with Gasteiger partial charge in [0, 0.05) is 56.9 Å². The van der Waals surface area contributed by atoms with Crippen LogP contribution in [0.5, 0.6) is 0 Å². The lowest BCUT2D eigenvalue weighted by Crippen LogP contribution is -2.47. The first kappa shape index (κ1) is 14.5. The van der Waals surface area contributed by atoms with E-state index < -0.39 is 0 Å². The maximum Gasteiger partial charge on any atom is 0.270 e. The number of rotatable bonds is 3. The Balaban J connectivity index is 1.50. The molecule has 0 radical (unpaired) electrons. The number of nitrogens with one attached hydrogen (secondary N) is 1. The first-order chi connectivity index (χ1) is 11.1. The number of amides is 1. The van der Waals surface area contributed by atoms with Crippen LogP contribution in [0.4, 0.5) is 5.88 Å². The van der Waals surface area contributed by atoms with Crippen LogP contribution in [0, 0.1) is 5.92 Å². The van der Waals surface area contributed by atoms with Gasteiger partial charge in [0.2, 0.25) is 0 Å². The van der Waals surface area contributed by atoms with E-state index in [1.54, 1.807) is 12.3 Å². The van der Waals surface area contributed by atoms with E-state index in [1.165, 1.54) is 19.5 Å². The molecule has 3 atom stereocenters. The van der Waals surface area contributed by atoms with E-state index in [0.717, 1.165) is 30.2 Å². The number of hydrogen-bond donors (Lipinski definition) is 1. The normalized spacial score (nSPS) is 26.4. The Morgan fingerprint density at radius 2 is 2.26 bits per heavy atom. The lowest BCUT2D eigenvalue weighted by Gasteiger charge is -2.30. The van der Waals surface area contributed by atoms with Crippen molar-refractivity contribution in [3.8, 4) is 0 Å². The first-order valence-corrected chi connectivity index (χ1v) is 8.18.